The summed E-state index contributed by atoms with van der Waals surface area (Å²) in [6.45, 7) is 2.96. The quantitative estimate of drug-likeness (QED) is 0.379. The molecular weight excluding hydrogens is 111 g/mol. The summed E-state index contributed by atoms with van der Waals surface area (Å²) in [6, 6.07) is 0. The summed E-state index contributed by atoms with van der Waals surface area (Å²) in [7, 11) is 0. The van der Waals surface area contributed by atoms with Crippen molar-refractivity contribution in [3.05, 3.63) is 12.7 Å². The van der Waals surface area contributed by atoms with E-state index in [2.05, 4.69) is 6.58 Å². The Morgan fingerprint density at radius 1 is 1.71 bits per heavy atom. The van der Waals surface area contributed by atoms with Gasteiger partial charge in [-0.05, 0) is 0 Å². The van der Waals surface area contributed by atoms with Crippen molar-refractivity contribution >= 4 is 22.2 Å². The van der Waals surface area contributed by atoms with E-state index in [4.69, 9.17) is 8.91 Å². The van der Waals surface area contributed by atoms with Crippen molar-refractivity contribution in [2.75, 3.05) is 0 Å². The van der Waals surface area contributed by atoms with Gasteiger partial charge in [0, 0.05) is 6.08 Å². The molecule has 0 aromatic carbocycles. The molecule has 0 aliphatic heterocycles. The summed E-state index contributed by atoms with van der Waals surface area (Å²) >= 11 is 1.17. The summed E-state index contributed by atoms with van der Waals surface area (Å²) in [5.41, 5.74) is 0. The van der Waals surface area contributed by atoms with Crippen molar-refractivity contribution in [1.82, 2.24) is 0 Å². The molecule has 0 amide bonds. The monoisotopic (exact) mass is 115 g/mol. The van der Waals surface area contributed by atoms with E-state index in [0.29, 0.717) is 0 Å². The number of aliphatic carboxylic acids is 1. The Bertz CT molecular complexity index is 70.6. The molecule has 0 saturated heterocycles. The fourth-order valence-corrected chi connectivity index (χ4v) is 0. The zero-order chi connectivity index (χ0) is 6.28. The van der Waals surface area contributed by atoms with Crippen molar-refractivity contribution in [2.45, 2.75) is 0 Å². The Morgan fingerprint density at radius 3 is 1.86 bits per heavy atom. The van der Waals surface area contributed by atoms with Crippen LogP contribution in [0.4, 0.5) is 0 Å². The predicted molar refractivity (Wildman–Crippen MR) is 24.3 cm³/mol. The molecule has 1 N–H and O–H groups in total. The van der Waals surface area contributed by atoms with Crippen LogP contribution in [0.2, 0.25) is 0 Å². The average Bonchev–Trinajstić information content (AvgIpc) is 1.73. The van der Waals surface area contributed by atoms with E-state index in [0.717, 1.165) is 6.08 Å². The molecule has 4 heteroatoms. The van der Waals surface area contributed by atoms with Crippen LogP contribution in [0.25, 0.3) is 0 Å². The molecule has 0 unspecified atom stereocenters. The molecule has 0 spiro atoms. The third-order valence-corrected chi connectivity index (χ3v) is 0.175. The molecule has 0 saturated carbocycles. The number of carbonyl (C=O) groups is 1. The van der Waals surface area contributed by atoms with E-state index in [-0.39, 0.29) is 0 Å². The molecule has 0 aliphatic rings. The molecule has 0 aliphatic carbocycles. The van der Waals surface area contributed by atoms with Crippen molar-refractivity contribution < 1.29 is 13.7 Å². The number of carboxylic acid groups (broad SMARTS) is 1. The zero-order valence-electron chi connectivity index (χ0n) is 3.63. The topological polar surface area (TPSA) is 54.4 Å². The van der Waals surface area contributed by atoms with Crippen LogP contribution in [0.5, 0.6) is 0 Å². The molecule has 0 fully saturated rings. The summed E-state index contributed by atoms with van der Waals surface area (Å²) < 4.78 is 8.17. The first kappa shape index (κ1) is 9.74. The first-order chi connectivity index (χ1) is 3.27. The molecule has 0 aromatic heterocycles. The van der Waals surface area contributed by atoms with Crippen molar-refractivity contribution in [3.8, 4) is 0 Å². The molecule has 0 heterocycles. The fraction of sp³-hybridized carbons (Fsp3) is 0. The van der Waals surface area contributed by atoms with E-state index >= 15 is 0 Å². The molecule has 0 bridgehead atoms. The Hall–Kier alpha value is -0.458. The van der Waals surface area contributed by atoms with Crippen LogP contribution >= 0.6 is 0 Å². The summed E-state index contributed by atoms with van der Waals surface area (Å²) in [6.07, 6.45) is 0.833. The molecule has 0 rings (SSSR count). The fourth-order valence-electron chi connectivity index (χ4n) is 0. The van der Waals surface area contributed by atoms with E-state index in [1.165, 1.54) is 16.2 Å². The molecule has 0 atom stereocenters. The number of hydrogen-bond acceptors (Lipinski definition) is 2. The van der Waals surface area contributed by atoms with Crippen LogP contribution in [0.1, 0.15) is 0 Å². The molecule has 3 nitrogen and oxygen atoms in total. The van der Waals surface area contributed by atoms with Crippen molar-refractivity contribution in [3.63, 3.8) is 0 Å². The van der Waals surface area contributed by atoms with Crippen LogP contribution in [0.15, 0.2) is 12.7 Å². The minimum absolute atomic E-state index is 0.833. The van der Waals surface area contributed by atoms with Crippen LogP contribution in [-0.2, 0) is 8.60 Å². The van der Waals surface area contributed by atoms with Gasteiger partial charge in [0.2, 0.25) is 0 Å². The summed E-state index contributed by atoms with van der Waals surface area (Å²) in [4.78, 5) is 9.25. The van der Waals surface area contributed by atoms with Crippen molar-refractivity contribution in [2.24, 2.45) is 0 Å². The number of hydrogen-bond donors (Lipinski definition) is 1. The normalized spacial score (nSPS) is 5.00. The third-order valence-electron chi connectivity index (χ3n) is 0.175. The van der Waals surface area contributed by atoms with Gasteiger partial charge in [-0.25, -0.2) is 4.79 Å². The van der Waals surface area contributed by atoms with Gasteiger partial charge in [-0.15, -0.1) is 0 Å². The van der Waals surface area contributed by atoms with Gasteiger partial charge >= 0.3 is 26.0 Å². The van der Waals surface area contributed by atoms with Gasteiger partial charge in [0.25, 0.3) is 0 Å². The second kappa shape index (κ2) is 9.11. The van der Waals surface area contributed by atoms with Crippen molar-refractivity contribution in [1.29, 1.82) is 0 Å². The standard InChI is InChI=1S/C3H4O2.Al.O/c1-2-3(4)5;;/h2H,1H2,(H,4,5);;. The molecule has 7 heavy (non-hydrogen) atoms. The van der Waals surface area contributed by atoms with Crippen LogP contribution in [-0.4, -0.2) is 27.3 Å². The average molecular weight is 115 g/mol. The zero-order valence-corrected chi connectivity index (χ0v) is 4.78. The molecular formula is C3H4AlO3. The van der Waals surface area contributed by atoms with Crippen LogP contribution in [0, 0.1) is 0 Å². The van der Waals surface area contributed by atoms with Gasteiger partial charge in [-0.2, -0.15) is 0 Å². The van der Waals surface area contributed by atoms with E-state index in [1.54, 1.807) is 0 Å². The van der Waals surface area contributed by atoms with Gasteiger partial charge in [0.1, 0.15) is 0 Å². The summed E-state index contributed by atoms with van der Waals surface area (Å²) in [5.74, 6) is -0.981. The molecule has 1 radical (unpaired) electrons. The van der Waals surface area contributed by atoms with Crippen LogP contribution < -0.4 is 0 Å². The van der Waals surface area contributed by atoms with E-state index in [9.17, 15) is 4.79 Å². The number of rotatable bonds is 1. The van der Waals surface area contributed by atoms with E-state index in [1.807, 2.05) is 0 Å². The maximum absolute atomic E-state index is 9.25. The van der Waals surface area contributed by atoms with Gasteiger partial charge in [-0.1, -0.05) is 6.58 Å². The van der Waals surface area contributed by atoms with Gasteiger partial charge < -0.3 is 5.11 Å². The Balaban J connectivity index is 0. The predicted octanol–water partition coefficient (Wildman–Crippen LogP) is -0.243. The summed E-state index contributed by atoms with van der Waals surface area (Å²) in [5, 5.41) is 7.60. The molecule has 0 aromatic rings. The Labute approximate surface area is 49.3 Å². The van der Waals surface area contributed by atoms with Gasteiger partial charge in [-0.3, -0.25) is 0 Å². The number of carboxylic acids is 1. The van der Waals surface area contributed by atoms with Gasteiger partial charge in [0.15, 0.2) is 0 Å². The van der Waals surface area contributed by atoms with Crippen LogP contribution in [0.3, 0.4) is 0 Å². The molecule has 37 valence electrons. The SMILES string of the molecule is C=CC(=O)O.[O]=[Al]. The maximum atomic E-state index is 9.25. The first-order valence-corrected chi connectivity index (χ1v) is 1.83. The third kappa shape index (κ3) is 29.2. The first-order valence-electron chi connectivity index (χ1n) is 1.36. The second-order valence-electron chi connectivity index (χ2n) is 0.542. The minimum atomic E-state index is -0.981. The second-order valence-corrected chi connectivity index (χ2v) is 0.542. The Kier molecular flexibility index (Phi) is 12.7. The van der Waals surface area contributed by atoms with Gasteiger partial charge in [0.05, 0.1) is 0 Å². The van der Waals surface area contributed by atoms with E-state index < -0.39 is 5.97 Å². The Morgan fingerprint density at radius 2 is 1.86 bits per heavy atom.